The van der Waals surface area contributed by atoms with Crippen LogP contribution >= 0.6 is 0 Å². The normalized spacial score (nSPS) is 24.3. The smallest absolute Gasteiger partial charge is 0.237 e. The summed E-state index contributed by atoms with van der Waals surface area (Å²) in [6.45, 7) is 0.0293. The van der Waals surface area contributed by atoms with Gasteiger partial charge in [0.2, 0.25) is 29.0 Å². The molecule has 3 aromatic rings. The molecular formula is C28H21NO6. The zero-order valence-corrected chi connectivity index (χ0v) is 18.8. The topological polar surface area (TPSA) is 90.0 Å². The van der Waals surface area contributed by atoms with Gasteiger partial charge in [-0.1, -0.05) is 66.7 Å². The number of hydrogen-bond donors (Lipinski definition) is 0. The number of hydrogen-bond acceptors (Lipinski definition) is 6. The van der Waals surface area contributed by atoms with Crippen LogP contribution in [-0.4, -0.2) is 41.0 Å². The zero-order chi connectivity index (χ0) is 24.3. The first kappa shape index (κ1) is 21.4. The van der Waals surface area contributed by atoms with Gasteiger partial charge >= 0.3 is 0 Å². The maximum atomic E-state index is 13.8. The van der Waals surface area contributed by atoms with Crippen molar-refractivity contribution in [3.63, 3.8) is 0 Å². The predicted octanol–water partition coefficient (Wildman–Crippen LogP) is 3.39. The molecule has 0 N–H and O–H groups in total. The van der Waals surface area contributed by atoms with E-state index in [4.69, 9.17) is 9.47 Å². The Balaban J connectivity index is 1.45. The van der Waals surface area contributed by atoms with Gasteiger partial charge in [-0.25, -0.2) is 0 Å². The minimum atomic E-state index is -2.05. The molecule has 1 spiro atoms. The Hall–Kier alpha value is -4.10. The molecule has 35 heavy (non-hydrogen) atoms. The second-order valence-electron chi connectivity index (χ2n) is 9.00. The lowest BCUT2D eigenvalue weighted by Gasteiger charge is -2.27. The average Bonchev–Trinajstić information content (AvgIpc) is 3.46. The summed E-state index contributed by atoms with van der Waals surface area (Å²) in [4.78, 5) is 56.1. The molecule has 2 amide bonds. The molecule has 2 fully saturated rings. The summed E-state index contributed by atoms with van der Waals surface area (Å²) in [7, 11) is 1.56. The van der Waals surface area contributed by atoms with Crippen molar-refractivity contribution in [1.29, 1.82) is 0 Å². The van der Waals surface area contributed by atoms with Crippen LogP contribution in [0.2, 0.25) is 0 Å². The number of carbonyl (C=O) groups is 4. The van der Waals surface area contributed by atoms with E-state index in [1.165, 1.54) is 0 Å². The van der Waals surface area contributed by atoms with E-state index >= 15 is 0 Å². The van der Waals surface area contributed by atoms with Gasteiger partial charge in [0, 0.05) is 11.1 Å². The fourth-order valence-corrected chi connectivity index (χ4v) is 5.59. The number of likely N-dealkylation sites (tertiary alicyclic amines) is 1. The number of Topliss-reactive ketones (excluding diaryl/α,β-unsaturated/α-hetero) is 2. The van der Waals surface area contributed by atoms with Gasteiger partial charge < -0.3 is 9.47 Å². The molecule has 3 aliphatic rings. The monoisotopic (exact) mass is 467 g/mol. The number of imide groups is 1. The molecular weight excluding hydrogens is 446 g/mol. The highest BCUT2D eigenvalue weighted by molar-refractivity contribution is 6.35. The number of rotatable bonds is 4. The van der Waals surface area contributed by atoms with Crippen LogP contribution in [-0.2, 0) is 20.9 Å². The van der Waals surface area contributed by atoms with E-state index in [1.807, 2.05) is 6.07 Å². The predicted molar refractivity (Wildman–Crippen MR) is 124 cm³/mol. The fourth-order valence-electron chi connectivity index (χ4n) is 5.59. The van der Waals surface area contributed by atoms with Crippen LogP contribution in [0.5, 0.6) is 5.75 Å². The molecule has 1 aliphatic carbocycles. The summed E-state index contributed by atoms with van der Waals surface area (Å²) in [6.07, 6.45) is -0.902. The van der Waals surface area contributed by atoms with Crippen LogP contribution in [0.25, 0.3) is 0 Å². The highest BCUT2D eigenvalue weighted by Gasteiger charge is 2.74. The lowest BCUT2D eigenvalue weighted by atomic mass is 9.77. The molecule has 174 valence electrons. The molecule has 3 atom stereocenters. The average molecular weight is 467 g/mol. The summed E-state index contributed by atoms with van der Waals surface area (Å²) < 4.78 is 11.4. The van der Waals surface area contributed by atoms with E-state index in [9.17, 15) is 19.2 Å². The number of ketones is 2. The largest absolute Gasteiger partial charge is 0.497 e. The third kappa shape index (κ3) is 2.88. The number of benzene rings is 3. The Labute approximate surface area is 201 Å². The summed E-state index contributed by atoms with van der Waals surface area (Å²) in [5.41, 5.74) is -0.233. The number of carbonyl (C=O) groups excluding carboxylic acids is 4. The SMILES string of the molecule is COc1ccc(CN2C(=O)[C@H]3[C@@H](c4ccccc4)OC4(C(=O)c5ccccc5C4=O)[C@H]3C2=O)cc1. The number of ether oxygens (including phenoxy) is 2. The third-order valence-corrected chi connectivity index (χ3v) is 7.24. The van der Waals surface area contributed by atoms with Crippen molar-refractivity contribution in [3.05, 3.63) is 101 Å². The van der Waals surface area contributed by atoms with E-state index in [-0.39, 0.29) is 17.7 Å². The third-order valence-electron chi connectivity index (χ3n) is 7.24. The van der Waals surface area contributed by atoms with Crippen molar-refractivity contribution < 1.29 is 28.7 Å². The molecule has 0 bridgehead atoms. The van der Waals surface area contributed by atoms with Crippen LogP contribution < -0.4 is 4.74 Å². The number of fused-ring (bicyclic) bond motifs is 3. The molecule has 0 aromatic heterocycles. The fraction of sp³-hybridized carbons (Fsp3) is 0.214. The molecule has 0 unspecified atom stereocenters. The van der Waals surface area contributed by atoms with Crippen LogP contribution in [0, 0.1) is 11.8 Å². The van der Waals surface area contributed by atoms with Gasteiger partial charge in [-0.2, -0.15) is 0 Å². The van der Waals surface area contributed by atoms with Crippen molar-refractivity contribution >= 4 is 23.4 Å². The maximum absolute atomic E-state index is 13.8. The van der Waals surface area contributed by atoms with Crippen molar-refractivity contribution in [2.75, 3.05) is 7.11 Å². The first-order chi connectivity index (χ1) is 17.0. The number of amides is 2. The standard InChI is InChI=1S/C28H21NO6/c1-34-18-13-11-16(12-14-18)15-29-26(32)21-22(27(29)33)28(35-23(21)17-7-3-2-4-8-17)24(30)19-9-5-6-10-20(19)25(28)31/h2-14,21-23H,15H2,1H3/t21-,22-,23-/m1/s1. The van der Waals surface area contributed by atoms with Gasteiger partial charge in [0.05, 0.1) is 31.6 Å². The molecule has 6 rings (SSSR count). The van der Waals surface area contributed by atoms with Crippen LogP contribution in [0.1, 0.15) is 37.9 Å². The first-order valence-electron chi connectivity index (χ1n) is 11.4. The summed E-state index contributed by atoms with van der Waals surface area (Å²) in [5.74, 6) is -3.68. The van der Waals surface area contributed by atoms with Crippen molar-refractivity contribution in [3.8, 4) is 5.75 Å². The maximum Gasteiger partial charge on any atom is 0.237 e. The first-order valence-corrected chi connectivity index (χ1v) is 11.4. The van der Waals surface area contributed by atoms with Crippen LogP contribution in [0.4, 0.5) is 0 Å². The van der Waals surface area contributed by atoms with Gasteiger partial charge in [0.15, 0.2) is 0 Å². The molecule has 2 saturated heterocycles. The van der Waals surface area contributed by atoms with Crippen molar-refractivity contribution in [1.82, 2.24) is 4.90 Å². The highest BCUT2D eigenvalue weighted by atomic mass is 16.5. The molecule has 7 nitrogen and oxygen atoms in total. The van der Waals surface area contributed by atoms with E-state index in [0.29, 0.717) is 11.3 Å². The Morgan fingerprint density at radius 1 is 0.800 bits per heavy atom. The van der Waals surface area contributed by atoms with E-state index < -0.39 is 46.9 Å². The Morgan fingerprint density at radius 3 is 2.00 bits per heavy atom. The van der Waals surface area contributed by atoms with Gasteiger partial charge in [0.25, 0.3) is 0 Å². The Kier molecular flexibility index (Phi) is 4.72. The van der Waals surface area contributed by atoms with Crippen LogP contribution in [0.15, 0.2) is 78.9 Å². The second-order valence-corrected chi connectivity index (χ2v) is 9.00. The van der Waals surface area contributed by atoms with Gasteiger partial charge in [0.1, 0.15) is 5.75 Å². The van der Waals surface area contributed by atoms with Crippen LogP contribution in [0.3, 0.4) is 0 Å². The zero-order valence-electron chi connectivity index (χ0n) is 18.8. The van der Waals surface area contributed by atoms with E-state index in [2.05, 4.69) is 0 Å². The minimum Gasteiger partial charge on any atom is -0.497 e. The quantitative estimate of drug-likeness (QED) is 0.432. The van der Waals surface area contributed by atoms with E-state index in [0.717, 1.165) is 10.5 Å². The van der Waals surface area contributed by atoms with Gasteiger partial charge in [-0.15, -0.1) is 0 Å². The molecule has 2 aliphatic heterocycles. The molecule has 0 radical (unpaired) electrons. The lowest BCUT2D eigenvalue weighted by Crippen LogP contribution is -2.50. The van der Waals surface area contributed by atoms with Crippen molar-refractivity contribution in [2.24, 2.45) is 11.8 Å². The second kappa shape index (κ2) is 7.71. The summed E-state index contributed by atoms with van der Waals surface area (Å²) in [6, 6.07) is 22.5. The highest BCUT2D eigenvalue weighted by Crippen LogP contribution is 2.57. The molecule has 7 heteroatoms. The lowest BCUT2D eigenvalue weighted by molar-refractivity contribution is -0.145. The van der Waals surface area contributed by atoms with Gasteiger partial charge in [-0.05, 0) is 23.3 Å². The Morgan fingerprint density at radius 2 is 1.40 bits per heavy atom. The summed E-state index contributed by atoms with van der Waals surface area (Å²) in [5, 5.41) is 0. The molecule has 3 aromatic carbocycles. The number of methoxy groups -OCH3 is 1. The van der Waals surface area contributed by atoms with E-state index in [1.54, 1.807) is 79.9 Å². The van der Waals surface area contributed by atoms with Crippen molar-refractivity contribution in [2.45, 2.75) is 18.2 Å². The number of nitrogens with zero attached hydrogens (tertiary/aromatic N) is 1. The summed E-state index contributed by atoms with van der Waals surface area (Å²) >= 11 is 0. The Bertz CT molecular complexity index is 1350. The minimum absolute atomic E-state index is 0.0293. The molecule has 2 heterocycles. The molecule has 0 saturated carbocycles. The van der Waals surface area contributed by atoms with Gasteiger partial charge in [-0.3, -0.25) is 24.1 Å².